The summed E-state index contributed by atoms with van der Waals surface area (Å²) in [6.07, 6.45) is 6.59. The fourth-order valence-corrected chi connectivity index (χ4v) is 3.58. The lowest BCUT2D eigenvalue weighted by Gasteiger charge is -2.12. The molecule has 154 valence electrons. The van der Waals surface area contributed by atoms with Crippen LogP contribution >= 0.6 is 0 Å². The summed E-state index contributed by atoms with van der Waals surface area (Å²) in [5, 5.41) is 8.07. The Morgan fingerprint density at radius 3 is 3.11 bits per heavy atom. The van der Waals surface area contributed by atoms with Crippen LogP contribution in [0.5, 0.6) is 0 Å². The van der Waals surface area contributed by atoms with Crippen LogP contribution in [-0.4, -0.2) is 56.5 Å². The van der Waals surface area contributed by atoms with Crippen LogP contribution in [0.15, 0.2) is 29.4 Å². The van der Waals surface area contributed by atoms with Crippen molar-refractivity contribution in [3.63, 3.8) is 0 Å². The van der Waals surface area contributed by atoms with Gasteiger partial charge in [0, 0.05) is 49.9 Å². The number of ether oxygens (including phenoxy) is 2. The second kappa shape index (κ2) is 11.1. The molecule has 1 aliphatic rings. The molecule has 0 spiro atoms. The molecule has 1 atom stereocenters. The van der Waals surface area contributed by atoms with Crippen LogP contribution in [0, 0.1) is 6.92 Å². The predicted octanol–water partition coefficient (Wildman–Crippen LogP) is 3.16. The van der Waals surface area contributed by atoms with Gasteiger partial charge in [-0.2, -0.15) is 0 Å². The lowest BCUT2D eigenvalue weighted by Crippen LogP contribution is -2.38. The molecule has 0 saturated carbocycles. The molecular weight excluding hydrogens is 352 g/mol. The predicted molar refractivity (Wildman–Crippen MR) is 115 cm³/mol. The van der Waals surface area contributed by atoms with Crippen molar-refractivity contribution in [2.24, 2.45) is 4.99 Å². The van der Waals surface area contributed by atoms with Crippen molar-refractivity contribution in [3.8, 4) is 0 Å². The third-order valence-electron chi connectivity index (χ3n) is 5.08. The van der Waals surface area contributed by atoms with E-state index >= 15 is 0 Å². The smallest absolute Gasteiger partial charge is 0.191 e. The molecule has 1 aliphatic heterocycles. The minimum Gasteiger partial charge on any atom is -0.379 e. The minimum absolute atomic E-state index is 0.302. The molecule has 1 aromatic carbocycles. The van der Waals surface area contributed by atoms with Gasteiger partial charge >= 0.3 is 0 Å². The maximum atomic E-state index is 5.70. The van der Waals surface area contributed by atoms with Crippen LogP contribution in [0.4, 0.5) is 0 Å². The number of benzene rings is 1. The number of hydrogen-bond donors (Lipinski definition) is 3. The highest BCUT2D eigenvalue weighted by molar-refractivity contribution is 5.86. The minimum atomic E-state index is 0.302. The standard InChI is InChI=1S/C22H34N4O2/c1-3-23-22(24-11-6-13-27-16-19-8-5-14-28-19)25-12-10-18-15-26-21-17(2)7-4-9-20(18)21/h4,7,9,15,19,26H,3,5-6,8,10-14,16H2,1-2H3,(H2,23,24,25). The Hall–Kier alpha value is -2.05. The van der Waals surface area contributed by atoms with Gasteiger partial charge < -0.3 is 25.1 Å². The fraction of sp³-hybridized carbons (Fsp3) is 0.591. The second-order valence-electron chi connectivity index (χ2n) is 7.31. The van der Waals surface area contributed by atoms with E-state index in [1.54, 1.807) is 0 Å². The number of rotatable bonds is 10. The lowest BCUT2D eigenvalue weighted by molar-refractivity contribution is 0.0171. The molecule has 3 N–H and O–H groups in total. The molecule has 2 aromatic rings. The molecule has 0 radical (unpaired) electrons. The van der Waals surface area contributed by atoms with Crippen molar-refractivity contribution in [1.82, 2.24) is 15.6 Å². The molecule has 1 unspecified atom stereocenters. The Kier molecular flexibility index (Phi) is 8.18. The lowest BCUT2D eigenvalue weighted by atomic mass is 10.1. The van der Waals surface area contributed by atoms with Gasteiger partial charge in [0.25, 0.3) is 0 Å². The highest BCUT2D eigenvalue weighted by Crippen LogP contribution is 2.21. The summed E-state index contributed by atoms with van der Waals surface area (Å²) in [6.45, 7) is 9.02. The van der Waals surface area contributed by atoms with E-state index in [2.05, 4.69) is 58.9 Å². The fourth-order valence-electron chi connectivity index (χ4n) is 3.58. The molecule has 28 heavy (non-hydrogen) atoms. The van der Waals surface area contributed by atoms with E-state index < -0.39 is 0 Å². The number of nitrogens with one attached hydrogen (secondary N) is 3. The molecule has 2 heterocycles. The van der Waals surface area contributed by atoms with E-state index in [0.717, 1.165) is 64.5 Å². The summed E-state index contributed by atoms with van der Waals surface area (Å²) >= 11 is 0. The zero-order valence-corrected chi connectivity index (χ0v) is 17.2. The Labute approximate surface area is 168 Å². The summed E-state index contributed by atoms with van der Waals surface area (Å²) in [7, 11) is 0. The van der Waals surface area contributed by atoms with Gasteiger partial charge in [-0.05, 0) is 50.7 Å². The first kappa shape index (κ1) is 20.7. The van der Waals surface area contributed by atoms with E-state index in [0.29, 0.717) is 12.7 Å². The van der Waals surface area contributed by atoms with Crippen LogP contribution < -0.4 is 10.6 Å². The number of aliphatic imine (C=N–C) groups is 1. The van der Waals surface area contributed by atoms with Crippen LogP contribution in [-0.2, 0) is 15.9 Å². The number of hydrogen-bond acceptors (Lipinski definition) is 3. The monoisotopic (exact) mass is 386 g/mol. The summed E-state index contributed by atoms with van der Waals surface area (Å²) < 4.78 is 11.3. The van der Waals surface area contributed by atoms with Gasteiger partial charge in [0.05, 0.1) is 12.7 Å². The largest absolute Gasteiger partial charge is 0.379 e. The normalized spacial score (nSPS) is 17.4. The zero-order chi connectivity index (χ0) is 19.6. The van der Waals surface area contributed by atoms with E-state index in [1.165, 1.54) is 22.0 Å². The Morgan fingerprint density at radius 1 is 1.36 bits per heavy atom. The number of aromatic nitrogens is 1. The molecule has 0 aliphatic carbocycles. The number of para-hydroxylation sites is 1. The van der Waals surface area contributed by atoms with Crippen LogP contribution in [0.3, 0.4) is 0 Å². The Morgan fingerprint density at radius 2 is 2.29 bits per heavy atom. The van der Waals surface area contributed by atoms with Gasteiger partial charge in [0.15, 0.2) is 5.96 Å². The molecular formula is C22H34N4O2. The number of guanidine groups is 1. The Bertz CT molecular complexity index is 750. The Balaban J connectivity index is 1.38. The quantitative estimate of drug-likeness (QED) is 0.333. The van der Waals surface area contributed by atoms with Crippen LogP contribution in [0.25, 0.3) is 10.9 Å². The first-order chi connectivity index (χ1) is 13.8. The number of aromatic amines is 1. The third kappa shape index (κ3) is 5.97. The SMILES string of the molecule is CCNC(=NCCCOCC1CCCO1)NCCc1c[nH]c2c(C)cccc12. The van der Waals surface area contributed by atoms with Crippen LogP contribution in [0.1, 0.15) is 37.3 Å². The van der Waals surface area contributed by atoms with Gasteiger partial charge in [-0.15, -0.1) is 0 Å². The summed E-state index contributed by atoms with van der Waals surface area (Å²) in [6, 6.07) is 6.44. The molecule has 0 amide bonds. The van der Waals surface area contributed by atoms with E-state index in [9.17, 15) is 0 Å². The van der Waals surface area contributed by atoms with E-state index in [4.69, 9.17) is 9.47 Å². The number of H-pyrrole nitrogens is 1. The summed E-state index contributed by atoms with van der Waals surface area (Å²) in [5.74, 6) is 0.873. The number of fused-ring (bicyclic) bond motifs is 1. The molecule has 6 heteroatoms. The maximum absolute atomic E-state index is 5.70. The first-order valence-electron chi connectivity index (χ1n) is 10.5. The highest BCUT2D eigenvalue weighted by atomic mass is 16.5. The summed E-state index contributed by atoms with van der Waals surface area (Å²) in [5.41, 5.74) is 3.86. The molecule has 0 bridgehead atoms. The van der Waals surface area contributed by atoms with Crippen molar-refractivity contribution >= 4 is 16.9 Å². The van der Waals surface area contributed by atoms with Gasteiger partial charge in [0.1, 0.15) is 0 Å². The topological polar surface area (TPSA) is 70.7 Å². The van der Waals surface area contributed by atoms with Crippen molar-refractivity contribution in [2.45, 2.75) is 45.6 Å². The number of aryl methyl sites for hydroxylation is 1. The van der Waals surface area contributed by atoms with Gasteiger partial charge in [-0.3, -0.25) is 4.99 Å². The molecule has 3 rings (SSSR count). The zero-order valence-electron chi connectivity index (χ0n) is 17.2. The average Bonchev–Trinajstić information content (AvgIpc) is 3.35. The van der Waals surface area contributed by atoms with Crippen LogP contribution in [0.2, 0.25) is 0 Å². The van der Waals surface area contributed by atoms with E-state index in [-0.39, 0.29) is 0 Å². The molecule has 6 nitrogen and oxygen atoms in total. The van der Waals surface area contributed by atoms with Crippen molar-refractivity contribution in [1.29, 1.82) is 0 Å². The third-order valence-corrected chi connectivity index (χ3v) is 5.08. The highest BCUT2D eigenvalue weighted by Gasteiger charge is 2.14. The molecule has 1 aromatic heterocycles. The van der Waals surface area contributed by atoms with Gasteiger partial charge in [-0.25, -0.2) is 0 Å². The van der Waals surface area contributed by atoms with E-state index in [1.807, 2.05) is 0 Å². The average molecular weight is 387 g/mol. The van der Waals surface area contributed by atoms with Crippen molar-refractivity contribution < 1.29 is 9.47 Å². The first-order valence-corrected chi connectivity index (χ1v) is 10.5. The number of nitrogens with zero attached hydrogens (tertiary/aromatic N) is 1. The maximum Gasteiger partial charge on any atom is 0.191 e. The van der Waals surface area contributed by atoms with Crippen molar-refractivity contribution in [3.05, 3.63) is 35.5 Å². The summed E-state index contributed by atoms with van der Waals surface area (Å²) in [4.78, 5) is 8.05. The van der Waals surface area contributed by atoms with Crippen molar-refractivity contribution in [2.75, 3.05) is 39.5 Å². The van der Waals surface area contributed by atoms with Gasteiger partial charge in [-0.1, -0.05) is 18.2 Å². The molecule has 1 fully saturated rings. The molecule has 1 saturated heterocycles. The van der Waals surface area contributed by atoms with Gasteiger partial charge in [0.2, 0.25) is 0 Å². The second-order valence-corrected chi connectivity index (χ2v) is 7.31.